The van der Waals surface area contributed by atoms with Gasteiger partial charge in [0, 0.05) is 150 Å². The zero-order valence-electron chi connectivity index (χ0n) is 2.27. The van der Waals surface area contributed by atoms with Crippen molar-refractivity contribution >= 4 is 0 Å². The zero-order chi connectivity index (χ0) is 0. The molecule has 6 heavy (non-hydrogen) atoms. The summed E-state index contributed by atoms with van der Waals surface area (Å²) in [5.41, 5.74) is 0. The van der Waals surface area contributed by atoms with Crippen LogP contribution in [0, 0.1) is 138 Å². The first-order valence-corrected chi connectivity index (χ1v) is 0. The van der Waals surface area contributed by atoms with Gasteiger partial charge >= 0.3 is 0 Å². The van der Waals surface area contributed by atoms with Gasteiger partial charge in [0.15, 0.2) is 0 Å². The summed E-state index contributed by atoms with van der Waals surface area (Å²) in [5.74, 6) is 0. The quantitative estimate of drug-likeness (QED) is 0.574. The summed E-state index contributed by atoms with van der Waals surface area (Å²) < 4.78 is 0. The predicted molar refractivity (Wildman–Crippen MR) is 2.82 cm³/mol. The van der Waals surface area contributed by atoms with Crippen LogP contribution in [0.5, 0.6) is 0 Å². The van der Waals surface area contributed by atoms with E-state index in [0.717, 1.165) is 0 Å². The molecule has 0 aliphatic heterocycles. The van der Waals surface area contributed by atoms with Crippen LogP contribution in [-0.2, 0) is 5.48 Å². The van der Waals surface area contributed by atoms with Gasteiger partial charge in [-0.05, 0) is 0 Å². The Bertz CT molecular complexity index is 15.5. The van der Waals surface area contributed by atoms with Crippen LogP contribution in [0.15, 0.2) is 0 Å². The van der Waals surface area contributed by atoms with Gasteiger partial charge in [0.1, 0.15) is 0 Å². The molecule has 0 aromatic carbocycles. The third-order valence-corrected chi connectivity index (χ3v) is 0. The Morgan fingerprint density at radius 3 is 1.00 bits per heavy atom. The van der Waals surface area contributed by atoms with Crippen molar-refractivity contribution in [3.63, 3.8) is 0 Å². The number of rotatable bonds is 0. The summed E-state index contributed by atoms with van der Waals surface area (Å²) in [5, 5.41) is 0. The summed E-state index contributed by atoms with van der Waals surface area (Å²) in [6.45, 7) is 0. The first kappa shape index (κ1) is 49.4. The minimum absolute atomic E-state index is 0. The molecular weight excluding hydrogens is 305 g/mol. The smallest absolute Gasteiger partial charge is 0 e. The molecule has 0 spiro atoms. The van der Waals surface area contributed by atoms with Gasteiger partial charge in [0.2, 0.25) is 0 Å². The molecule has 0 aromatic rings. The SMILES string of the molecule is [Ar].[Kr].[N].[Ne].[O].[Xe]. The maximum atomic E-state index is 0. The van der Waals surface area contributed by atoms with Crippen LogP contribution in [0.1, 0.15) is 0 Å². The van der Waals surface area contributed by atoms with E-state index < -0.39 is 0 Å². The summed E-state index contributed by atoms with van der Waals surface area (Å²) in [6.07, 6.45) is 0. The van der Waals surface area contributed by atoms with Crippen LogP contribution in [0.4, 0.5) is 0 Å². The van der Waals surface area contributed by atoms with Crippen molar-refractivity contribution in [2.24, 2.45) is 0 Å². The van der Waals surface area contributed by atoms with Crippen LogP contribution >= 0.6 is 0 Å². The third kappa shape index (κ3) is 24.2. The van der Waals surface area contributed by atoms with E-state index in [1.165, 1.54) is 0 Å². The monoisotopic (exact) mass is 306 g/mol. The molecule has 0 unspecified atom stereocenters. The second-order valence-electron chi connectivity index (χ2n) is 0. The fraction of sp³-hybridized carbons (Fsp3) is 0. The van der Waals surface area contributed by atoms with Gasteiger partial charge in [-0.15, -0.1) is 0 Å². The molecule has 0 N–H and O–H groups in total. The topological polar surface area (TPSA) is 59.0 Å². The van der Waals surface area contributed by atoms with E-state index in [1.54, 1.807) is 0 Å². The fourth-order valence-electron chi connectivity index (χ4n) is 0. The van der Waals surface area contributed by atoms with E-state index in [2.05, 4.69) is 0 Å². The Balaban J connectivity index is 0. The summed E-state index contributed by atoms with van der Waals surface area (Å²) in [4.78, 5) is 0. The second-order valence-corrected chi connectivity index (χ2v) is 0. The average Bonchev–Trinajstić information content (AvgIpc) is 0. The molecule has 0 bridgehead atoms. The minimum atomic E-state index is 0. The number of hydrogen-bond acceptors (Lipinski definition) is 0. The molecule has 0 rings (SSSR count). The van der Waals surface area contributed by atoms with Crippen LogP contribution in [0.3, 0.4) is 0 Å². The summed E-state index contributed by atoms with van der Waals surface area (Å²) in [6, 6.07) is 0. The van der Waals surface area contributed by atoms with E-state index in [9.17, 15) is 0 Å². The van der Waals surface area contributed by atoms with Crippen molar-refractivity contribution < 1.29 is 144 Å². The molecule has 43 valence electrons. The van der Waals surface area contributed by atoms with Crippen LogP contribution in [0.2, 0.25) is 0 Å². The molecule has 2 nitrogen and oxygen atoms in total. The van der Waals surface area contributed by atoms with Gasteiger partial charge < -0.3 is 0 Å². The van der Waals surface area contributed by atoms with Crippen molar-refractivity contribution in [2.75, 3.05) is 0 Å². The van der Waals surface area contributed by atoms with Gasteiger partial charge in [0.05, 0.1) is 0 Å². The van der Waals surface area contributed by atoms with Crippen LogP contribution in [0.25, 0.3) is 0 Å². The van der Waals surface area contributed by atoms with Crippen LogP contribution in [-0.4, -0.2) is 0 Å². The Hall–Kier alpha value is 4.14. The van der Waals surface area contributed by atoms with Gasteiger partial charge in [-0.25, -0.2) is 0 Å². The molecule has 0 fully saturated rings. The first-order valence-electron chi connectivity index (χ1n) is 0. The molecule has 0 saturated heterocycles. The fourth-order valence-corrected chi connectivity index (χ4v) is 0. The van der Waals surface area contributed by atoms with Crippen molar-refractivity contribution in [2.45, 2.75) is 0 Å². The van der Waals surface area contributed by atoms with Gasteiger partial charge in [-0.3, -0.25) is 0 Å². The zero-order valence-corrected chi connectivity index (χ0v) is 6.48. The van der Waals surface area contributed by atoms with Crippen molar-refractivity contribution in [1.29, 1.82) is 0 Å². The first-order chi connectivity index (χ1) is 0. The number of nitrogens with zero attached hydrogens (tertiary/aromatic N) is 1. The molecule has 0 saturated carbocycles. The molecule has 0 heterocycles. The Kier molecular flexibility index (Phi) is 291. The van der Waals surface area contributed by atoms with Crippen molar-refractivity contribution in [1.82, 2.24) is 6.15 Å². The van der Waals surface area contributed by atoms with E-state index in [-0.39, 0.29) is 150 Å². The summed E-state index contributed by atoms with van der Waals surface area (Å²) in [7, 11) is 0. The molecule has 0 amide bonds. The van der Waals surface area contributed by atoms with Gasteiger partial charge in [0.25, 0.3) is 0 Å². The van der Waals surface area contributed by atoms with Crippen molar-refractivity contribution in [3.05, 3.63) is 0 Å². The molecule has 6 heteroatoms. The molecule has 5 radical (unpaired) electrons. The van der Waals surface area contributed by atoms with E-state index in [0.29, 0.717) is 0 Å². The van der Waals surface area contributed by atoms with Gasteiger partial charge in [-0.1, -0.05) is 0 Å². The molecule has 0 aliphatic rings. The average molecular weight is 305 g/mol. The number of hydrogen-bond donors (Lipinski definition) is 0. The molecule has 0 atom stereocenters. The van der Waals surface area contributed by atoms with E-state index >= 15 is 0 Å². The molecule has 0 aromatic heterocycles. The maximum absolute atomic E-state index is 0. The largest absolute Gasteiger partial charge is 0 e. The predicted octanol–water partition coefficient (Wildman–Crippen LogP) is -0.599. The van der Waals surface area contributed by atoms with E-state index in [4.69, 9.17) is 0 Å². The van der Waals surface area contributed by atoms with Crippen LogP contribution < -0.4 is 6.15 Å². The summed E-state index contributed by atoms with van der Waals surface area (Å²) >= 11 is 0. The molecular formula is ArKrNNeOXe. The van der Waals surface area contributed by atoms with Gasteiger partial charge in [-0.2, -0.15) is 0 Å². The Labute approximate surface area is 145 Å². The minimum Gasteiger partial charge on any atom is 0 e. The van der Waals surface area contributed by atoms with E-state index in [1.807, 2.05) is 0 Å². The third-order valence-electron chi connectivity index (χ3n) is 0. The molecule has 0 aliphatic carbocycles. The van der Waals surface area contributed by atoms with Crippen molar-refractivity contribution in [3.8, 4) is 0 Å². The Morgan fingerprint density at radius 1 is 1.00 bits per heavy atom. The standard InChI is InChI=1S/Ar.Kr.N.Ne.O.Xe. The second kappa shape index (κ2) is 35.3. The maximum Gasteiger partial charge on any atom is 0 e. The Morgan fingerprint density at radius 2 is 1.00 bits per heavy atom. The normalized spacial score (nSPS) is 0.